The van der Waals surface area contributed by atoms with E-state index in [4.69, 9.17) is 4.74 Å². The largest absolute Gasteiger partial charge is 0.476 e. The molecule has 0 aromatic carbocycles. The van der Waals surface area contributed by atoms with E-state index in [2.05, 4.69) is 10.1 Å². The summed E-state index contributed by atoms with van der Waals surface area (Å²) in [5.41, 5.74) is -1.04. The third-order valence-electron chi connectivity index (χ3n) is 3.71. The number of alkyl halides is 2. The number of hydrogen-bond donors (Lipinski definition) is 0. The molecular formula is C15H14F2N4O3S. The van der Waals surface area contributed by atoms with Gasteiger partial charge in [-0.05, 0) is 30.9 Å². The minimum Gasteiger partial charge on any atom is -0.476 e. The third kappa shape index (κ3) is 3.61. The van der Waals surface area contributed by atoms with Gasteiger partial charge in [0.15, 0.2) is 21.3 Å². The number of aromatic nitrogens is 3. The molecule has 3 rings (SSSR count). The van der Waals surface area contributed by atoms with Crippen molar-refractivity contribution in [2.45, 2.75) is 24.2 Å². The summed E-state index contributed by atoms with van der Waals surface area (Å²) in [6.07, 6.45) is 1.16. The van der Waals surface area contributed by atoms with Gasteiger partial charge in [-0.3, -0.25) is 0 Å². The highest BCUT2D eigenvalue weighted by atomic mass is 32.2. The first-order chi connectivity index (χ1) is 11.8. The molecular weight excluding hydrogens is 354 g/mol. The molecule has 1 fully saturated rings. The molecule has 132 valence electrons. The average Bonchev–Trinajstić information content (AvgIpc) is 3.31. The first-order valence-corrected chi connectivity index (χ1v) is 9.31. The molecule has 2 heterocycles. The zero-order valence-electron chi connectivity index (χ0n) is 13.2. The van der Waals surface area contributed by atoms with Crippen LogP contribution in [0.2, 0.25) is 0 Å². The molecule has 1 saturated carbocycles. The number of nitrogens with zero attached hydrogens (tertiary/aromatic N) is 4. The van der Waals surface area contributed by atoms with Crippen LogP contribution in [0.15, 0.2) is 23.2 Å². The van der Waals surface area contributed by atoms with Gasteiger partial charge >= 0.3 is 0 Å². The van der Waals surface area contributed by atoms with Gasteiger partial charge in [-0.2, -0.15) is 15.0 Å². The Morgan fingerprint density at radius 2 is 2.16 bits per heavy atom. The Balaban J connectivity index is 2.05. The second-order valence-electron chi connectivity index (χ2n) is 5.77. The van der Waals surface area contributed by atoms with E-state index in [1.165, 1.54) is 12.1 Å². The van der Waals surface area contributed by atoms with E-state index in [-0.39, 0.29) is 22.2 Å². The molecule has 2 aromatic rings. The van der Waals surface area contributed by atoms with Gasteiger partial charge in [0.1, 0.15) is 11.6 Å². The van der Waals surface area contributed by atoms with Gasteiger partial charge in [-0.15, -0.1) is 0 Å². The van der Waals surface area contributed by atoms with Crippen molar-refractivity contribution in [1.29, 1.82) is 5.26 Å². The molecule has 0 radical (unpaired) electrons. The number of sulfone groups is 1. The van der Waals surface area contributed by atoms with Crippen LogP contribution in [-0.4, -0.2) is 36.0 Å². The first-order valence-electron chi connectivity index (χ1n) is 7.41. The molecule has 0 amide bonds. The second-order valence-corrected chi connectivity index (χ2v) is 7.78. The van der Waals surface area contributed by atoms with Crippen LogP contribution in [-0.2, 0) is 9.84 Å². The lowest BCUT2D eigenvalue weighted by Gasteiger charge is -2.09. The fraction of sp³-hybridized carbons (Fsp3) is 0.400. The Bertz CT molecular complexity index is 929. The van der Waals surface area contributed by atoms with E-state index in [0.29, 0.717) is 12.5 Å². The van der Waals surface area contributed by atoms with Gasteiger partial charge in [0.25, 0.3) is 6.43 Å². The zero-order valence-corrected chi connectivity index (χ0v) is 14.0. The van der Waals surface area contributed by atoms with Crippen molar-refractivity contribution in [1.82, 2.24) is 14.8 Å². The highest BCUT2D eigenvalue weighted by Gasteiger charge is 2.29. The van der Waals surface area contributed by atoms with Gasteiger partial charge < -0.3 is 4.74 Å². The van der Waals surface area contributed by atoms with Gasteiger partial charge in [-0.25, -0.2) is 22.2 Å². The molecule has 10 heteroatoms. The highest BCUT2D eigenvalue weighted by molar-refractivity contribution is 7.90. The van der Waals surface area contributed by atoms with Crippen molar-refractivity contribution in [2.24, 2.45) is 5.92 Å². The van der Waals surface area contributed by atoms with E-state index in [0.717, 1.165) is 30.0 Å². The summed E-state index contributed by atoms with van der Waals surface area (Å²) in [5, 5.41) is 13.0. The minimum absolute atomic E-state index is 0.0153. The molecule has 0 bridgehead atoms. The van der Waals surface area contributed by atoms with Crippen LogP contribution in [0.1, 0.15) is 30.5 Å². The summed E-state index contributed by atoms with van der Waals surface area (Å²) in [6.45, 7) is 0.296. The number of rotatable bonds is 6. The maximum atomic E-state index is 13.2. The van der Waals surface area contributed by atoms with Crippen molar-refractivity contribution in [2.75, 3.05) is 12.9 Å². The summed E-state index contributed by atoms with van der Waals surface area (Å²) in [4.78, 5) is 3.94. The Hall–Kier alpha value is -2.54. The zero-order chi connectivity index (χ0) is 18.2. The van der Waals surface area contributed by atoms with Crippen LogP contribution >= 0.6 is 0 Å². The van der Waals surface area contributed by atoms with Crippen molar-refractivity contribution < 1.29 is 21.9 Å². The standard InChI is InChI=1S/C15H14F2N4O3S/c1-25(22,23)10-4-5-12(19-7-10)21-15(24-8-9-2-3-9)11(6-18)13(20-21)14(16)17/h4-5,7,9,14H,2-3,8H2,1H3. The molecule has 1 aliphatic carbocycles. The normalized spacial score (nSPS) is 14.5. The second kappa shape index (κ2) is 6.40. The molecule has 2 aromatic heterocycles. The van der Waals surface area contributed by atoms with Crippen LogP contribution in [0.5, 0.6) is 5.88 Å². The predicted octanol–water partition coefficient (Wildman–Crippen LogP) is 2.27. The molecule has 7 nitrogen and oxygen atoms in total. The third-order valence-corrected chi connectivity index (χ3v) is 4.80. The van der Waals surface area contributed by atoms with Crippen LogP contribution in [0.3, 0.4) is 0 Å². The lowest BCUT2D eigenvalue weighted by molar-refractivity contribution is 0.145. The van der Waals surface area contributed by atoms with Gasteiger partial charge in [0.05, 0.1) is 11.5 Å². The molecule has 0 atom stereocenters. The lowest BCUT2D eigenvalue weighted by atomic mass is 10.2. The maximum Gasteiger partial charge on any atom is 0.283 e. The summed E-state index contributed by atoms with van der Waals surface area (Å²) < 4.78 is 55.9. The Labute approximate surface area is 142 Å². The summed E-state index contributed by atoms with van der Waals surface area (Å²) in [7, 11) is -3.44. The lowest BCUT2D eigenvalue weighted by Crippen LogP contribution is -2.08. The molecule has 0 saturated heterocycles. The quantitative estimate of drug-likeness (QED) is 0.776. The fourth-order valence-electron chi connectivity index (χ4n) is 2.16. The monoisotopic (exact) mass is 368 g/mol. The predicted molar refractivity (Wildman–Crippen MR) is 82.4 cm³/mol. The molecule has 0 N–H and O–H groups in total. The fourth-order valence-corrected chi connectivity index (χ4v) is 2.72. The summed E-state index contributed by atoms with van der Waals surface area (Å²) in [5.74, 6) is 0.316. The van der Waals surface area contributed by atoms with Gasteiger partial charge in [0.2, 0.25) is 5.88 Å². The summed E-state index contributed by atoms with van der Waals surface area (Å²) in [6, 6.07) is 4.32. The molecule has 0 spiro atoms. The van der Waals surface area contributed by atoms with E-state index >= 15 is 0 Å². The molecule has 25 heavy (non-hydrogen) atoms. The Morgan fingerprint density at radius 3 is 2.64 bits per heavy atom. The van der Waals surface area contributed by atoms with E-state index < -0.39 is 22.0 Å². The van der Waals surface area contributed by atoms with Crippen molar-refractivity contribution >= 4 is 9.84 Å². The van der Waals surface area contributed by atoms with Crippen LogP contribution in [0.4, 0.5) is 8.78 Å². The Morgan fingerprint density at radius 1 is 1.44 bits per heavy atom. The number of ether oxygens (including phenoxy) is 1. The molecule has 1 aliphatic rings. The van der Waals surface area contributed by atoms with Crippen molar-refractivity contribution in [3.05, 3.63) is 29.6 Å². The van der Waals surface area contributed by atoms with E-state index in [9.17, 15) is 22.5 Å². The smallest absolute Gasteiger partial charge is 0.283 e. The maximum absolute atomic E-state index is 13.2. The van der Waals surface area contributed by atoms with Crippen molar-refractivity contribution in [3.8, 4) is 17.8 Å². The minimum atomic E-state index is -3.44. The SMILES string of the molecule is CS(=O)(=O)c1ccc(-n2nc(C(F)F)c(C#N)c2OCC2CC2)nc1. The van der Waals surface area contributed by atoms with E-state index in [1.54, 1.807) is 6.07 Å². The number of hydrogen-bond acceptors (Lipinski definition) is 6. The van der Waals surface area contributed by atoms with Crippen LogP contribution in [0, 0.1) is 17.2 Å². The number of pyridine rings is 1. The number of nitriles is 1. The highest BCUT2D eigenvalue weighted by Crippen LogP contribution is 2.34. The molecule has 0 unspecified atom stereocenters. The topological polar surface area (TPSA) is 97.9 Å². The Kier molecular flexibility index (Phi) is 4.43. The van der Waals surface area contributed by atoms with Gasteiger partial charge in [0, 0.05) is 12.5 Å². The molecule has 0 aliphatic heterocycles. The van der Waals surface area contributed by atoms with Crippen LogP contribution in [0.25, 0.3) is 5.82 Å². The van der Waals surface area contributed by atoms with Gasteiger partial charge in [-0.1, -0.05) is 0 Å². The average molecular weight is 368 g/mol. The van der Waals surface area contributed by atoms with Crippen LogP contribution < -0.4 is 4.74 Å². The van der Waals surface area contributed by atoms with E-state index in [1.807, 2.05) is 0 Å². The first kappa shape index (κ1) is 17.3. The van der Waals surface area contributed by atoms with Crippen molar-refractivity contribution in [3.63, 3.8) is 0 Å². The summed E-state index contributed by atoms with van der Waals surface area (Å²) >= 11 is 0. The number of halogens is 2.